The molecule has 0 aliphatic carbocycles. The molecule has 0 radical (unpaired) electrons. The van der Waals surface area contributed by atoms with Gasteiger partial charge in [-0.25, -0.2) is 0 Å². The molecular weight excluding hydrogens is 280 g/mol. The lowest BCUT2D eigenvalue weighted by molar-refractivity contribution is 0.688. The molecule has 0 saturated carbocycles. The number of rotatable bonds is 8. The summed E-state index contributed by atoms with van der Waals surface area (Å²) in [5.74, 6) is 1.99. The van der Waals surface area contributed by atoms with E-state index in [4.69, 9.17) is 0 Å². The molecule has 0 spiro atoms. The molecule has 0 aromatic heterocycles. The first-order chi connectivity index (χ1) is 10.2. The number of para-hydroxylation sites is 1. The molecule has 2 N–H and O–H groups in total. The van der Waals surface area contributed by atoms with Crippen molar-refractivity contribution in [3.63, 3.8) is 0 Å². The Morgan fingerprint density at radius 1 is 1.29 bits per heavy atom. The van der Waals surface area contributed by atoms with Crippen LogP contribution in [0.15, 0.2) is 35.3 Å². The second-order valence-electron chi connectivity index (χ2n) is 4.93. The van der Waals surface area contributed by atoms with Crippen molar-refractivity contribution in [2.75, 3.05) is 43.6 Å². The topological polar surface area (TPSA) is 39.7 Å². The van der Waals surface area contributed by atoms with Crippen molar-refractivity contribution in [3.8, 4) is 0 Å². The van der Waals surface area contributed by atoms with Gasteiger partial charge in [-0.1, -0.05) is 18.2 Å². The fourth-order valence-electron chi connectivity index (χ4n) is 1.88. The fourth-order valence-corrected chi connectivity index (χ4v) is 2.18. The van der Waals surface area contributed by atoms with Gasteiger partial charge in [0, 0.05) is 37.6 Å². The van der Waals surface area contributed by atoms with E-state index >= 15 is 0 Å². The predicted molar refractivity (Wildman–Crippen MR) is 96.7 cm³/mol. The molecule has 118 valence electrons. The van der Waals surface area contributed by atoms with Gasteiger partial charge in [-0.3, -0.25) is 4.99 Å². The Morgan fingerprint density at radius 2 is 2.00 bits per heavy atom. The summed E-state index contributed by atoms with van der Waals surface area (Å²) in [6.07, 6.45) is 2.11. The summed E-state index contributed by atoms with van der Waals surface area (Å²) in [4.78, 5) is 6.93. The van der Waals surface area contributed by atoms with E-state index in [9.17, 15) is 0 Å². The van der Waals surface area contributed by atoms with Crippen LogP contribution in [0.5, 0.6) is 0 Å². The summed E-state index contributed by atoms with van der Waals surface area (Å²) in [7, 11) is 2.11. The molecular formula is C16H28N4S. The van der Waals surface area contributed by atoms with Crippen molar-refractivity contribution >= 4 is 23.4 Å². The van der Waals surface area contributed by atoms with Crippen LogP contribution in [0.3, 0.4) is 0 Å². The third-order valence-electron chi connectivity index (χ3n) is 3.28. The summed E-state index contributed by atoms with van der Waals surface area (Å²) in [6, 6.07) is 10.8. The quantitative estimate of drug-likeness (QED) is 0.439. The van der Waals surface area contributed by atoms with Crippen molar-refractivity contribution in [2.24, 2.45) is 4.99 Å². The van der Waals surface area contributed by atoms with Gasteiger partial charge in [0.1, 0.15) is 0 Å². The summed E-state index contributed by atoms with van der Waals surface area (Å²) in [6.45, 7) is 6.87. The van der Waals surface area contributed by atoms with Crippen LogP contribution in [0.2, 0.25) is 0 Å². The number of nitrogens with zero attached hydrogens (tertiary/aromatic N) is 2. The molecule has 0 aliphatic heterocycles. The minimum Gasteiger partial charge on any atom is -0.370 e. The third-order valence-corrected chi connectivity index (χ3v) is 3.89. The Morgan fingerprint density at radius 3 is 2.62 bits per heavy atom. The number of nitrogens with one attached hydrogen (secondary N) is 2. The van der Waals surface area contributed by atoms with E-state index in [-0.39, 0.29) is 0 Å². The first kappa shape index (κ1) is 17.7. The van der Waals surface area contributed by atoms with Gasteiger partial charge in [0.2, 0.25) is 0 Å². The van der Waals surface area contributed by atoms with Crippen LogP contribution in [-0.4, -0.2) is 50.7 Å². The molecule has 1 aromatic rings. The maximum absolute atomic E-state index is 4.68. The van der Waals surface area contributed by atoms with E-state index < -0.39 is 0 Å². The van der Waals surface area contributed by atoms with E-state index in [1.54, 1.807) is 0 Å². The zero-order valence-electron chi connectivity index (χ0n) is 13.6. The highest BCUT2D eigenvalue weighted by molar-refractivity contribution is 7.98. The number of likely N-dealkylation sites (N-methyl/N-ethyl adjacent to an activating group) is 1. The smallest absolute Gasteiger partial charge is 0.191 e. The Bertz CT molecular complexity index is 408. The van der Waals surface area contributed by atoms with E-state index in [0.29, 0.717) is 6.04 Å². The van der Waals surface area contributed by atoms with Gasteiger partial charge in [-0.15, -0.1) is 0 Å². The molecule has 4 nitrogen and oxygen atoms in total. The minimum atomic E-state index is 0.350. The first-order valence-electron chi connectivity index (χ1n) is 7.48. The molecule has 0 saturated heterocycles. The minimum absolute atomic E-state index is 0.350. The average molecular weight is 308 g/mol. The Labute approximate surface area is 133 Å². The number of hydrogen-bond donors (Lipinski definition) is 2. The summed E-state index contributed by atoms with van der Waals surface area (Å²) >= 11 is 1.83. The normalized spacial score (nSPS) is 12.9. The van der Waals surface area contributed by atoms with Gasteiger partial charge in [-0.05, 0) is 32.2 Å². The molecule has 0 fully saturated rings. The van der Waals surface area contributed by atoms with Gasteiger partial charge in [0.15, 0.2) is 5.96 Å². The van der Waals surface area contributed by atoms with Crippen LogP contribution in [0.1, 0.15) is 13.8 Å². The molecule has 1 unspecified atom stereocenters. The van der Waals surface area contributed by atoms with Crippen molar-refractivity contribution in [3.05, 3.63) is 30.3 Å². The number of anilines is 1. The monoisotopic (exact) mass is 308 g/mol. The van der Waals surface area contributed by atoms with E-state index in [1.807, 2.05) is 17.8 Å². The predicted octanol–water partition coefficient (Wildman–Crippen LogP) is 2.43. The zero-order valence-corrected chi connectivity index (χ0v) is 14.4. The van der Waals surface area contributed by atoms with E-state index in [0.717, 1.165) is 31.3 Å². The largest absolute Gasteiger partial charge is 0.370 e. The first-order valence-corrected chi connectivity index (χ1v) is 8.87. The number of aliphatic imine (C=N–C) groups is 1. The molecule has 1 atom stereocenters. The molecule has 5 heteroatoms. The number of thioether (sulfide) groups is 1. The van der Waals surface area contributed by atoms with Crippen LogP contribution in [0, 0.1) is 0 Å². The van der Waals surface area contributed by atoms with Crippen molar-refractivity contribution in [2.45, 2.75) is 19.9 Å². The van der Waals surface area contributed by atoms with E-state index in [1.165, 1.54) is 5.69 Å². The van der Waals surface area contributed by atoms with E-state index in [2.05, 4.69) is 71.9 Å². The van der Waals surface area contributed by atoms with Crippen LogP contribution >= 0.6 is 11.8 Å². The standard InChI is InChI=1S/C16H28N4S/c1-5-17-16(18-11-12-21-4)19-13-14(2)20(3)15-9-7-6-8-10-15/h6-10,14H,5,11-13H2,1-4H3,(H2,17,18,19). The van der Waals surface area contributed by atoms with Gasteiger partial charge >= 0.3 is 0 Å². The lowest BCUT2D eigenvalue weighted by atomic mass is 10.2. The Kier molecular flexibility index (Phi) is 8.74. The van der Waals surface area contributed by atoms with Crippen molar-refractivity contribution < 1.29 is 0 Å². The molecule has 21 heavy (non-hydrogen) atoms. The highest BCUT2D eigenvalue weighted by Gasteiger charge is 2.09. The van der Waals surface area contributed by atoms with Crippen LogP contribution in [-0.2, 0) is 0 Å². The van der Waals surface area contributed by atoms with Gasteiger partial charge in [0.25, 0.3) is 0 Å². The molecule has 1 aromatic carbocycles. The SMILES string of the molecule is CCNC(=NCC(C)N(C)c1ccccc1)NCCSC. The molecule has 0 heterocycles. The number of benzene rings is 1. The molecule has 1 rings (SSSR count). The van der Waals surface area contributed by atoms with Gasteiger partial charge in [-0.2, -0.15) is 11.8 Å². The summed E-state index contributed by atoms with van der Waals surface area (Å²) in [5.41, 5.74) is 1.22. The summed E-state index contributed by atoms with van der Waals surface area (Å²) in [5, 5.41) is 6.64. The maximum atomic E-state index is 4.68. The molecule has 0 amide bonds. The second-order valence-corrected chi connectivity index (χ2v) is 5.92. The molecule has 0 aliphatic rings. The lowest BCUT2D eigenvalue weighted by Crippen LogP contribution is -2.40. The second kappa shape index (κ2) is 10.4. The highest BCUT2D eigenvalue weighted by atomic mass is 32.2. The number of guanidine groups is 1. The van der Waals surface area contributed by atoms with Crippen LogP contribution < -0.4 is 15.5 Å². The van der Waals surface area contributed by atoms with Crippen LogP contribution in [0.4, 0.5) is 5.69 Å². The van der Waals surface area contributed by atoms with Gasteiger partial charge in [0.05, 0.1) is 6.54 Å². The van der Waals surface area contributed by atoms with Crippen molar-refractivity contribution in [1.29, 1.82) is 0 Å². The fraction of sp³-hybridized carbons (Fsp3) is 0.562. The average Bonchev–Trinajstić information content (AvgIpc) is 2.52. The van der Waals surface area contributed by atoms with Crippen molar-refractivity contribution in [1.82, 2.24) is 10.6 Å². The Hall–Kier alpha value is -1.36. The number of hydrogen-bond acceptors (Lipinski definition) is 3. The Balaban J connectivity index is 2.53. The maximum Gasteiger partial charge on any atom is 0.191 e. The zero-order chi connectivity index (χ0) is 15.5. The van der Waals surface area contributed by atoms with Gasteiger partial charge < -0.3 is 15.5 Å². The lowest BCUT2D eigenvalue weighted by Gasteiger charge is -2.26. The molecule has 0 bridgehead atoms. The third kappa shape index (κ3) is 6.76. The highest BCUT2D eigenvalue weighted by Crippen LogP contribution is 2.13. The summed E-state index contributed by atoms with van der Waals surface area (Å²) < 4.78 is 0. The van der Waals surface area contributed by atoms with Crippen LogP contribution in [0.25, 0.3) is 0 Å².